The second-order valence-electron chi connectivity index (χ2n) is 5.80. The zero-order valence-electron chi connectivity index (χ0n) is 13.0. The Morgan fingerprint density at radius 1 is 1.17 bits per heavy atom. The van der Waals surface area contributed by atoms with Crippen molar-refractivity contribution in [2.24, 2.45) is 0 Å². The fourth-order valence-corrected chi connectivity index (χ4v) is 3.42. The number of thiophene rings is 1. The highest BCUT2D eigenvalue weighted by atomic mass is 32.1. The van der Waals surface area contributed by atoms with E-state index in [2.05, 4.69) is 5.32 Å². The van der Waals surface area contributed by atoms with Gasteiger partial charge in [-0.15, -0.1) is 11.3 Å². The lowest BCUT2D eigenvalue weighted by molar-refractivity contribution is -0.131. The average Bonchev–Trinajstić information content (AvgIpc) is 3.27. The summed E-state index contributed by atoms with van der Waals surface area (Å²) in [6.45, 7) is 0. The lowest BCUT2D eigenvalue weighted by Crippen LogP contribution is -2.38. The largest absolute Gasteiger partial charge is 0.443 e. The molecule has 6 heteroatoms. The lowest BCUT2D eigenvalue weighted by Gasteiger charge is -2.20. The molecule has 1 aliphatic carbocycles. The van der Waals surface area contributed by atoms with E-state index in [0.29, 0.717) is 10.4 Å². The van der Waals surface area contributed by atoms with E-state index >= 15 is 0 Å². The number of nitrogens with one attached hydrogen (secondary N) is 1. The van der Waals surface area contributed by atoms with Gasteiger partial charge in [-0.05, 0) is 36.4 Å². The van der Waals surface area contributed by atoms with Crippen LogP contribution in [0.1, 0.15) is 47.0 Å². The standard InChI is InChI=1S/C18H18FNO3S/c19-13-9-7-12(8-10-13)16(17(21)20-14-4-1-2-5-14)23-18(22)15-6-3-11-24-15/h3,6-11,14,16H,1-2,4-5H2,(H,20,21)/t16-/m0/s1. The minimum Gasteiger partial charge on any atom is -0.443 e. The van der Waals surface area contributed by atoms with Gasteiger partial charge in [0.15, 0.2) is 0 Å². The van der Waals surface area contributed by atoms with Crippen LogP contribution in [0.3, 0.4) is 0 Å². The molecule has 2 aromatic rings. The molecule has 24 heavy (non-hydrogen) atoms. The second kappa shape index (κ2) is 7.57. The Morgan fingerprint density at radius 2 is 1.88 bits per heavy atom. The Labute approximate surface area is 143 Å². The summed E-state index contributed by atoms with van der Waals surface area (Å²) >= 11 is 1.25. The number of rotatable bonds is 5. The van der Waals surface area contributed by atoms with Gasteiger partial charge in [-0.3, -0.25) is 4.79 Å². The van der Waals surface area contributed by atoms with E-state index in [0.717, 1.165) is 25.7 Å². The van der Waals surface area contributed by atoms with Gasteiger partial charge in [0.25, 0.3) is 5.91 Å². The zero-order chi connectivity index (χ0) is 16.9. The van der Waals surface area contributed by atoms with Gasteiger partial charge in [-0.25, -0.2) is 9.18 Å². The molecule has 1 N–H and O–H groups in total. The maximum atomic E-state index is 13.2. The van der Waals surface area contributed by atoms with Gasteiger partial charge in [-0.2, -0.15) is 0 Å². The first-order valence-electron chi connectivity index (χ1n) is 7.94. The Morgan fingerprint density at radius 3 is 2.50 bits per heavy atom. The summed E-state index contributed by atoms with van der Waals surface area (Å²) in [6, 6.07) is 8.94. The molecule has 0 saturated heterocycles. The van der Waals surface area contributed by atoms with Crippen LogP contribution in [0.2, 0.25) is 0 Å². The lowest BCUT2D eigenvalue weighted by atomic mass is 10.1. The summed E-state index contributed by atoms with van der Waals surface area (Å²) in [7, 11) is 0. The summed E-state index contributed by atoms with van der Waals surface area (Å²) in [5.74, 6) is -1.32. The van der Waals surface area contributed by atoms with E-state index < -0.39 is 17.9 Å². The van der Waals surface area contributed by atoms with Crippen molar-refractivity contribution in [3.8, 4) is 0 Å². The highest BCUT2D eigenvalue weighted by Gasteiger charge is 2.28. The molecule has 4 nitrogen and oxygen atoms in total. The Balaban J connectivity index is 1.78. The van der Waals surface area contributed by atoms with Gasteiger partial charge in [0.05, 0.1) is 0 Å². The molecule has 1 aromatic heterocycles. The fourth-order valence-electron chi connectivity index (χ4n) is 2.82. The first-order chi connectivity index (χ1) is 11.6. The topological polar surface area (TPSA) is 55.4 Å². The van der Waals surface area contributed by atoms with Crippen molar-refractivity contribution in [2.45, 2.75) is 37.8 Å². The van der Waals surface area contributed by atoms with Crippen LogP contribution in [0.4, 0.5) is 4.39 Å². The van der Waals surface area contributed by atoms with Gasteiger partial charge in [0, 0.05) is 11.6 Å². The van der Waals surface area contributed by atoms with Crippen LogP contribution in [-0.2, 0) is 9.53 Å². The van der Waals surface area contributed by atoms with Crippen LogP contribution >= 0.6 is 11.3 Å². The van der Waals surface area contributed by atoms with Crippen LogP contribution in [0.15, 0.2) is 41.8 Å². The highest BCUT2D eigenvalue weighted by molar-refractivity contribution is 7.11. The molecule has 1 saturated carbocycles. The predicted molar refractivity (Wildman–Crippen MR) is 89.3 cm³/mol. The number of carbonyl (C=O) groups is 2. The van der Waals surface area contributed by atoms with Gasteiger partial charge < -0.3 is 10.1 Å². The number of ether oxygens (including phenoxy) is 1. The third-order valence-electron chi connectivity index (χ3n) is 4.06. The van der Waals surface area contributed by atoms with Gasteiger partial charge in [0.2, 0.25) is 6.10 Å². The van der Waals surface area contributed by atoms with Crippen molar-refractivity contribution in [2.75, 3.05) is 0 Å². The smallest absolute Gasteiger partial charge is 0.349 e. The van der Waals surface area contributed by atoms with E-state index in [1.165, 1.54) is 35.6 Å². The first-order valence-corrected chi connectivity index (χ1v) is 8.82. The molecule has 1 amide bonds. The molecule has 0 bridgehead atoms. The van der Waals surface area contributed by atoms with Crippen LogP contribution in [0, 0.1) is 5.82 Å². The van der Waals surface area contributed by atoms with E-state index in [9.17, 15) is 14.0 Å². The molecule has 1 fully saturated rings. The summed E-state index contributed by atoms with van der Waals surface area (Å²) in [5.41, 5.74) is 0.455. The van der Waals surface area contributed by atoms with Crippen LogP contribution < -0.4 is 5.32 Å². The van der Waals surface area contributed by atoms with E-state index in [-0.39, 0.29) is 11.9 Å². The molecule has 1 aliphatic rings. The quantitative estimate of drug-likeness (QED) is 0.836. The molecule has 0 aliphatic heterocycles. The molecule has 0 unspecified atom stereocenters. The van der Waals surface area contributed by atoms with Crippen molar-refractivity contribution in [3.63, 3.8) is 0 Å². The third kappa shape index (κ3) is 4.00. The van der Waals surface area contributed by atoms with Gasteiger partial charge in [0.1, 0.15) is 10.7 Å². The van der Waals surface area contributed by atoms with Crippen molar-refractivity contribution in [1.82, 2.24) is 5.32 Å². The Hall–Kier alpha value is -2.21. The van der Waals surface area contributed by atoms with E-state index in [1.54, 1.807) is 17.5 Å². The Bertz CT molecular complexity index is 694. The first kappa shape index (κ1) is 16.6. The number of amides is 1. The molecule has 1 aromatic carbocycles. The molecule has 126 valence electrons. The molecule has 3 rings (SSSR count). The van der Waals surface area contributed by atoms with Crippen molar-refractivity contribution in [3.05, 3.63) is 58.0 Å². The summed E-state index contributed by atoms with van der Waals surface area (Å²) in [6.07, 6.45) is 2.95. The number of hydrogen-bond donors (Lipinski definition) is 1. The SMILES string of the molecule is O=C(O[C@H](C(=O)NC1CCCC1)c1ccc(F)cc1)c1cccs1. The second-order valence-corrected chi connectivity index (χ2v) is 6.75. The normalized spacial score (nSPS) is 15.9. The summed E-state index contributed by atoms with van der Waals surface area (Å²) in [4.78, 5) is 25.3. The zero-order valence-corrected chi connectivity index (χ0v) is 13.9. The number of esters is 1. The molecule has 0 radical (unpaired) electrons. The number of halogens is 1. The van der Waals surface area contributed by atoms with Gasteiger partial charge >= 0.3 is 5.97 Å². The van der Waals surface area contributed by atoms with E-state index in [4.69, 9.17) is 4.74 Å². The maximum Gasteiger partial charge on any atom is 0.349 e. The van der Waals surface area contributed by atoms with Crippen molar-refractivity contribution in [1.29, 1.82) is 0 Å². The molecular weight excluding hydrogens is 329 g/mol. The minimum atomic E-state index is -1.08. The maximum absolute atomic E-state index is 13.2. The molecule has 1 atom stereocenters. The summed E-state index contributed by atoms with van der Waals surface area (Å²) in [5, 5.41) is 4.70. The van der Waals surface area contributed by atoms with Crippen molar-refractivity contribution >= 4 is 23.2 Å². The van der Waals surface area contributed by atoms with Crippen LogP contribution in [0.5, 0.6) is 0 Å². The predicted octanol–water partition coefficient (Wildman–Crippen LogP) is 3.84. The fraction of sp³-hybridized carbons (Fsp3) is 0.333. The highest BCUT2D eigenvalue weighted by Crippen LogP contribution is 2.24. The monoisotopic (exact) mass is 347 g/mol. The number of benzene rings is 1. The van der Waals surface area contributed by atoms with Crippen LogP contribution in [0.25, 0.3) is 0 Å². The Kier molecular flexibility index (Phi) is 5.25. The average molecular weight is 347 g/mol. The van der Waals surface area contributed by atoms with E-state index in [1.807, 2.05) is 0 Å². The van der Waals surface area contributed by atoms with Crippen LogP contribution in [-0.4, -0.2) is 17.9 Å². The number of hydrogen-bond acceptors (Lipinski definition) is 4. The number of carbonyl (C=O) groups excluding carboxylic acids is 2. The van der Waals surface area contributed by atoms with Gasteiger partial charge in [-0.1, -0.05) is 31.0 Å². The van der Waals surface area contributed by atoms with Crippen molar-refractivity contribution < 1.29 is 18.7 Å². The summed E-state index contributed by atoms with van der Waals surface area (Å²) < 4.78 is 18.6. The molecule has 1 heterocycles. The molecule has 0 spiro atoms. The minimum absolute atomic E-state index is 0.112. The third-order valence-corrected chi connectivity index (χ3v) is 4.91. The molecular formula is C18H18FNO3S.